The molecule has 2 heterocycles. The van der Waals surface area contributed by atoms with Gasteiger partial charge in [-0.2, -0.15) is 26.3 Å². The number of benzene rings is 2. The van der Waals surface area contributed by atoms with Crippen molar-refractivity contribution in [3.05, 3.63) is 59.4 Å². The van der Waals surface area contributed by atoms with Crippen molar-refractivity contribution >= 4 is 11.0 Å². The summed E-state index contributed by atoms with van der Waals surface area (Å²) in [7, 11) is 0. The van der Waals surface area contributed by atoms with Crippen LogP contribution in [0.15, 0.2) is 42.7 Å². The third-order valence-corrected chi connectivity index (χ3v) is 7.08. The van der Waals surface area contributed by atoms with Crippen LogP contribution < -0.4 is 10.1 Å². The number of aromatic nitrogens is 2. The highest BCUT2D eigenvalue weighted by atomic mass is 19.4. The van der Waals surface area contributed by atoms with Gasteiger partial charge in [-0.3, -0.25) is 0 Å². The average molecular weight is 528 g/mol. The van der Waals surface area contributed by atoms with E-state index in [0.29, 0.717) is 6.42 Å². The van der Waals surface area contributed by atoms with Gasteiger partial charge in [-0.1, -0.05) is 38.3 Å². The van der Waals surface area contributed by atoms with Crippen LogP contribution in [0.3, 0.4) is 0 Å². The Bertz CT molecular complexity index is 1170. The maximum atomic E-state index is 13.4. The van der Waals surface area contributed by atoms with Gasteiger partial charge in [0.2, 0.25) is 0 Å². The highest BCUT2D eigenvalue weighted by Crippen LogP contribution is 2.37. The second-order valence-corrected chi connectivity index (χ2v) is 10.2. The summed E-state index contributed by atoms with van der Waals surface area (Å²) in [6, 6.07) is 7.44. The van der Waals surface area contributed by atoms with E-state index in [1.54, 1.807) is 0 Å². The second-order valence-electron chi connectivity index (χ2n) is 10.2. The number of alkyl halides is 6. The Morgan fingerprint density at radius 3 is 2.19 bits per heavy atom. The normalized spacial score (nSPS) is 22.8. The predicted octanol–water partition coefficient (Wildman–Crippen LogP) is 7.71. The Kier molecular flexibility index (Phi) is 8.06. The zero-order chi connectivity index (χ0) is 26.8. The van der Waals surface area contributed by atoms with Crippen molar-refractivity contribution in [3.8, 4) is 5.75 Å². The number of ether oxygens (including phenoxy) is 1. The van der Waals surface area contributed by atoms with E-state index in [1.165, 1.54) is 43.8 Å². The van der Waals surface area contributed by atoms with E-state index in [-0.39, 0.29) is 41.4 Å². The summed E-state index contributed by atoms with van der Waals surface area (Å²) < 4.78 is 84.3. The van der Waals surface area contributed by atoms with Gasteiger partial charge in [0.25, 0.3) is 0 Å². The molecule has 0 bridgehead atoms. The van der Waals surface area contributed by atoms with Crippen molar-refractivity contribution in [2.45, 2.75) is 76.3 Å². The number of nitrogens with one attached hydrogen (secondary N) is 2. The van der Waals surface area contributed by atoms with Gasteiger partial charge >= 0.3 is 12.4 Å². The molecule has 37 heavy (non-hydrogen) atoms. The largest absolute Gasteiger partial charge is 0.492 e. The first-order valence-electron chi connectivity index (χ1n) is 12.5. The number of fused-ring (bicyclic) bond motifs is 1. The molecule has 1 saturated carbocycles. The molecule has 3 unspecified atom stereocenters. The number of halogens is 6. The topological polar surface area (TPSA) is 49.9 Å². The monoisotopic (exact) mass is 527 g/mol. The van der Waals surface area contributed by atoms with Gasteiger partial charge in [0.15, 0.2) is 0 Å². The molecule has 2 aromatic carbocycles. The lowest BCUT2D eigenvalue weighted by molar-refractivity contribution is -0.138. The summed E-state index contributed by atoms with van der Waals surface area (Å²) in [5, 5.41) is 3.35. The number of rotatable bonds is 4. The smallest absolute Gasteiger partial charge is 0.418 e. The Morgan fingerprint density at radius 2 is 1.62 bits per heavy atom. The summed E-state index contributed by atoms with van der Waals surface area (Å²) >= 11 is 0. The molecule has 2 N–H and O–H groups in total. The molecule has 5 rings (SSSR count). The fourth-order valence-electron chi connectivity index (χ4n) is 4.87. The molecule has 1 aromatic heterocycles. The number of hydrogen-bond acceptors (Lipinski definition) is 3. The molecule has 1 aliphatic carbocycles. The van der Waals surface area contributed by atoms with E-state index in [1.807, 2.05) is 6.92 Å². The van der Waals surface area contributed by atoms with Gasteiger partial charge in [-0.05, 0) is 55.4 Å². The predicted molar refractivity (Wildman–Crippen MR) is 129 cm³/mol. The van der Waals surface area contributed by atoms with Gasteiger partial charge in [-0.25, -0.2) is 4.98 Å². The second kappa shape index (κ2) is 10.9. The maximum Gasteiger partial charge on any atom is 0.418 e. The fraction of sp³-hybridized carbons (Fsp3) is 0.519. The molecular formula is C27H31F6N3O. The molecule has 1 saturated heterocycles. The van der Waals surface area contributed by atoms with Crippen LogP contribution in [0.5, 0.6) is 5.75 Å². The number of imidazole rings is 1. The number of piperidine rings is 1. The van der Waals surface area contributed by atoms with Crippen LogP contribution in [0.4, 0.5) is 26.3 Å². The van der Waals surface area contributed by atoms with Gasteiger partial charge in [0.05, 0.1) is 23.0 Å². The van der Waals surface area contributed by atoms with E-state index in [0.717, 1.165) is 36.1 Å². The number of H-pyrrole nitrogens is 1. The quantitative estimate of drug-likeness (QED) is 0.342. The van der Waals surface area contributed by atoms with Crippen molar-refractivity contribution in [2.24, 2.45) is 5.92 Å². The van der Waals surface area contributed by atoms with Crippen molar-refractivity contribution in [1.82, 2.24) is 15.3 Å². The lowest BCUT2D eigenvalue weighted by atomic mass is 9.83. The molecule has 4 nitrogen and oxygen atoms in total. The summed E-state index contributed by atoms with van der Waals surface area (Å²) in [5.74, 6) is 1.15. The zero-order valence-corrected chi connectivity index (χ0v) is 20.7. The van der Waals surface area contributed by atoms with Crippen molar-refractivity contribution in [3.63, 3.8) is 0 Å². The van der Waals surface area contributed by atoms with Crippen LogP contribution in [-0.4, -0.2) is 28.7 Å². The first-order chi connectivity index (χ1) is 17.4. The molecule has 0 amide bonds. The molecule has 2 fully saturated rings. The van der Waals surface area contributed by atoms with Crippen LogP contribution in [-0.2, 0) is 12.4 Å². The SMILES string of the molecule is CC1CC(c2ccc(C(F)(F)F)cc2)CC(COc2cc(C(F)(F)F)c3nc[nH]c3c2)N1.CC1CCC1. The molecule has 202 valence electrons. The molecule has 0 spiro atoms. The van der Waals surface area contributed by atoms with E-state index in [4.69, 9.17) is 4.74 Å². The van der Waals surface area contributed by atoms with Crippen LogP contribution in [0.25, 0.3) is 11.0 Å². The first kappa shape index (κ1) is 27.3. The molecule has 3 aromatic rings. The minimum absolute atomic E-state index is 0.0166. The van der Waals surface area contributed by atoms with Crippen LogP contribution in [0.1, 0.15) is 68.6 Å². The maximum absolute atomic E-state index is 13.4. The first-order valence-corrected chi connectivity index (χ1v) is 12.5. The van der Waals surface area contributed by atoms with Crippen molar-refractivity contribution in [1.29, 1.82) is 0 Å². The lowest BCUT2D eigenvalue weighted by Crippen LogP contribution is -2.46. The lowest BCUT2D eigenvalue weighted by Gasteiger charge is -2.35. The Hall–Kier alpha value is -2.75. The van der Waals surface area contributed by atoms with Crippen LogP contribution >= 0.6 is 0 Å². The Morgan fingerprint density at radius 1 is 0.946 bits per heavy atom. The Balaban J connectivity index is 0.000000572. The van der Waals surface area contributed by atoms with Crippen LogP contribution in [0.2, 0.25) is 0 Å². The molecule has 2 aliphatic rings. The Labute approximate surface area is 211 Å². The summed E-state index contributed by atoms with van der Waals surface area (Å²) in [6.07, 6.45) is -1.97. The third kappa shape index (κ3) is 6.97. The van der Waals surface area contributed by atoms with Crippen LogP contribution in [0, 0.1) is 5.92 Å². The van der Waals surface area contributed by atoms with E-state index >= 15 is 0 Å². The summed E-state index contributed by atoms with van der Waals surface area (Å²) in [4.78, 5) is 6.41. The van der Waals surface area contributed by atoms with Gasteiger partial charge in [0, 0.05) is 18.2 Å². The summed E-state index contributed by atoms with van der Waals surface area (Å²) in [5.41, 5.74) is -0.717. The fourth-order valence-corrected chi connectivity index (χ4v) is 4.87. The molecule has 0 radical (unpaired) electrons. The molecule has 3 atom stereocenters. The zero-order valence-electron chi connectivity index (χ0n) is 20.7. The standard InChI is InChI=1S/C22H21F6N3O.C5H10/c1-12-6-14(13-2-4-15(5-3-13)21(23,24)25)7-16(31-12)10-32-17-8-18(22(26,27)28)20-19(9-17)29-11-30-20;1-5-3-2-4-5/h2-5,8-9,11-12,14,16,31H,6-7,10H2,1H3,(H,29,30);5H,2-4H2,1H3. The molecule has 10 heteroatoms. The van der Waals surface area contributed by atoms with Crippen molar-refractivity contribution < 1.29 is 31.1 Å². The minimum atomic E-state index is -4.57. The van der Waals surface area contributed by atoms with Crippen molar-refractivity contribution in [2.75, 3.05) is 6.61 Å². The highest BCUT2D eigenvalue weighted by Gasteiger charge is 2.35. The van der Waals surface area contributed by atoms with Gasteiger partial charge < -0.3 is 15.0 Å². The summed E-state index contributed by atoms with van der Waals surface area (Å²) in [6.45, 7) is 4.39. The van der Waals surface area contributed by atoms with Gasteiger partial charge in [-0.15, -0.1) is 0 Å². The molecular weight excluding hydrogens is 496 g/mol. The van der Waals surface area contributed by atoms with E-state index in [2.05, 4.69) is 22.2 Å². The minimum Gasteiger partial charge on any atom is -0.492 e. The number of hydrogen-bond donors (Lipinski definition) is 2. The highest BCUT2D eigenvalue weighted by molar-refractivity contribution is 5.80. The average Bonchev–Trinajstić information content (AvgIpc) is 3.28. The number of aromatic amines is 1. The molecule has 1 aliphatic heterocycles. The van der Waals surface area contributed by atoms with Gasteiger partial charge in [0.1, 0.15) is 17.9 Å². The number of nitrogens with zero attached hydrogens (tertiary/aromatic N) is 1. The van der Waals surface area contributed by atoms with E-state index < -0.39 is 23.5 Å². The third-order valence-electron chi connectivity index (χ3n) is 7.08. The van der Waals surface area contributed by atoms with E-state index in [9.17, 15) is 26.3 Å².